The molecule has 2 amide bonds. The van der Waals surface area contributed by atoms with Crippen molar-refractivity contribution in [3.8, 4) is 0 Å². The van der Waals surface area contributed by atoms with Crippen molar-refractivity contribution in [2.24, 2.45) is 0 Å². The van der Waals surface area contributed by atoms with Gasteiger partial charge in [-0.1, -0.05) is 6.92 Å². The summed E-state index contributed by atoms with van der Waals surface area (Å²) in [6.07, 6.45) is -7.77. The number of hydrogen-bond acceptors (Lipinski definition) is 9. The first kappa shape index (κ1) is 19.5. The van der Waals surface area contributed by atoms with E-state index in [1.165, 1.54) is 0 Å². The molecule has 0 bridgehead atoms. The number of carbonyl (C=O) groups excluding carboxylic acids is 3. The maximum absolute atomic E-state index is 12.1. The predicted molar refractivity (Wildman–Crippen MR) is 72.7 cm³/mol. The van der Waals surface area contributed by atoms with E-state index in [9.17, 15) is 29.7 Å². The molecule has 0 radical (unpaired) electrons. The van der Waals surface area contributed by atoms with Crippen LogP contribution in [0.5, 0.6) is 0 Å². The number of aliphatic hydroxyl groups excluding tert-OH is 4. The number of ether oxygens (including phenoxy) is 2. The molecule has 1 rings (SSSR count). The summed E-state index contributed by atoms with van der Waals surface area (Å²) < 4.78 is 9.24. The van der Waals surface area contributed by atoms with Gasteiger partial charge in [0.25, 0.3) is 0 Å². The predicted octanol–water partition coefficient (Wildman–Crippen LogP) is -1.90. The molecule has 4 N–H and O–H groups in total. The van der Waals surface area contributed by atoms with Crippen molar-refractivity contribution in [2.45, 2.75) is 57.3 Å². The van der Waals surface area contributed by atoms with E-state index in [0.717, 1.165) is 6.92 Å². The van der Waals surface area contributed by atoms with Gasteiger partial charge in [0.1, 0.15) is 24.4 Å². The van der Waals surface area contributed by atoms with Crippen LogP contribution in [-0.2, 0) is 19.1 Å². The fraction of sp³-hybridized carbons (Fsp3) is 0.769. The van der Waals surface area contributed by atoms with Crippen molar-refractivity contribution >= 4 is 18.0 Å². The van der Waals surface area contributed by atoms with Crippen LogP contribution in [0.3, 0.4) is 0 Å². The van der Waals surface area contributed by atoms with Crippen molar-refractivity contribution in [1.29, 1.82) is 0 Å². The molecular formula is C13H21NO9. The molecule has 23 heavy (non-hydrogen) atoms. The van der Waals surface area contributed by atoms with Crippen LogP contribution in [0.25, 0.3) is 0 Å². The maximum atomic E-state index is 12.1. The molecule has 1 fully saturated rings. The van der Waals surface area contributed by atoms with Crippen molar-refractivity contribution in [3.05, 3.63) is 0 Å². The molecule has 0 aliphatic carbocycles. The Labute approximate surface area is 132 Å². The zero-order valence-corrected chi connectivity index (χ0v) is 12.8. The molecule has 0 aromatic rings. The van der Waals surface area contributed by atoms with Gasteiger partial charge in [-0.2, -0.15) is 0 Å². The summed E-state index contributed by atoms with van der Waals surface area (Å²) in [4.78, 5) is 35.4. The van der Waals surface area contributed by atoms with E-state index < -0.39 is 55.2 Å². The Bertz CT molecular complexity index is 455. The Kier molecular flexibility index (Phi) is 7.03. The van der Waals surface area contributed by atoms with E-state index in [1.807, 2.05) is 0 Å². The maximum Gasteiger partial charge on any atom is 0.424 e. The molecule has 10 heteroatoms. The van der Waals surface area contributed by atoms with Crippen molar-refractivity contribution in [1.82, 2.24) is 4.90 Å². The van der Waals surface area contributed by atoms with Gasteiger partial charge in [0.2, 0.25) is 5.91 Å². The van der Waals surface area contributed by atoms with E-state index in [-0.39, 0.29) is 6.42 Å². The summed E-state index contributed by atoms with van der Waals surface area (Å²) in [7, 11) is 0. The van der Waals surface area contributed by atoms with Crippen LogP contribution in [-0.4, -0.2) is 80.5 Å². The first-order valence-electron chi connectivity index (χ1n) is 7.09. The quantitative estimate of drug-likeness (QED) is 0.340. The lowest BCUT2D eigenvalue weighted by Crippen LogP contribution is -2.66. The molecule has 1 saturated heterocycles. The number of hydrogen-bond donors (Lipinski definition) is 4. The van der Waals surface area contributed by atoms with Gasteiger partial charge in [0, 0.05) is 13.3 Å². The van der Waals surface area contributed by atoms with Crippen LogP contribution in [0.4, 0.5) is 4.79 Å². The average molecular weight is 335 g/mol. The van der Waals surface area contributed by atoms with Crippen LogP contribution in [0, 0.1) is 0 Å². The SMILES string of the molecule is CCCC(=O)N(C(=O)OC(C)=O)[C@H]1C(O)O[C@H](CO)[C@@H](O)[C@@H]1O. The molecule has 0 aromatic carbocycles. The highest BCUT2D eigenvalue weighted by molar-refractivity contribution is 5.96. The average Bonchev–Trinajstić information content (AvgIpc) is 2.46. The number of imide groups is 1. The lowest BCUT2D eigenvalue weighted by Gasteiger charge is -2.43. The summed E-state index contributed by atoms with van der Waals surface area (Å²) >= 11 is 0. The third kappa shape index (κ3) is 4.45. The largest absolute Gasteiger partial charge is 0.424 e. The van der Waals surface area contributed by atoms with Crippen molar-refractivity contribution in [3.63, 3.8) is 0 Å². The molecule has 1 unspecified atom stereocenters. The summed E-state index contributed by atoms with van der Waals surface area (Å²) in [5.41, 5.74) is 0. The van der Waals surface area contributed by atoms with Crippen molar-refractivity contribution in [2.75, 3.05) is 6.61 Å². The Hall–Kier alpha value is -1.59. The second-order valence-corrected chi connectivity index (χ2v) is 5.09. The van der Waals surface area contributed by atoms with Gasteiger partial charge in [0.15, 0.2) is 6.29 Å². The van der Waals surface area contributed by atoms with E-state index in [4.69, 9.17) is 9.84 Å². The summed E-state index contributed by atoms with van der Waals surface area (Å²) in [5.74, 6) is -1.81. The van der Waals surface area contributed by atoms with Crippen LogP contribution < -0.4 is 0 Å². The van der Waals surface area contributed by atoms with Gasteiger partial charge in [-0.25, -0.2) is 9.69 Å². The van der Waals surface area contributed by atoms with E-state index in [0.29, 0.717) is 11.3 Å². The van der Waals surface area contributed by atoms with Gasteiger partial charge < -0.3 is 29.9 Å². The topological polar surface area (TPSA) is 154 Å². The fourth-order valence-corrected chi connectivity index (χ4v) is 2.26. The lowest BCUT2D eigenvalue weighted by atomic mass is 9.95. The standard InChI is InChI=1S/C13H21NO9/c1-3-4-8(17)14(13(21)22-6(2)16)9-11(19)10(18)7(5-15)23-12(9)20/h7,9-12,15,18-20H,3-5H2,1-2H3/t7-,9-,10-,11-,12?/m1/s1. The monoisotopic (exact) mass is 335 g/mol. The molecule has 0 aromatic heterocycles. The second kappa shape index (κ2) is 8.31. The number of carbonyl (C=O) groups is 3. The highest BCUT2D eigenvalue weighted by Crippen LogP contribution is 2.25. The molecule has 5 atom stereocenters. The minimum atomic E-state index is -1.87. The fourth-order valence-electron chi connectivity index (χ4n) is 2.26. The van der Waals surface area contributed by atoms with Crippen LogP contribution in [0.1, 0.15) is 26.7 Å². The number of nitrogens with zero attached hydrogens (tertiary/aromatic N) is 1. The lowest BCUT2D eigenvalue weighted by molar-refractivity contribution is -0.267. The first-order chi connectivity index (χ1) is 10.7. The van der Waals surface area contributed by atoms with Crippen LogP contribution in [0.2, 0.25) is 0 Å². The smallest absolute Gasteiger partial charge is 0.394 e. The van der Waals surface area contributed by atoms with Crippen LogP contribution >= 0.6 is 0 Å². The Morgan fingerprint density at radius 1 is 1.17 bits per heavy atom. The molecule has 1 heterocycles. The van der Waals surface area contributed by atoms with Crippen molar-refractivity contribution < 1.29 is 44.3 Å². The highest BCUT2D eigenvalue weighted by atomic mass is 16.6. The Morgan fingerprint density at radius 2 is 1.78 bits per heavy atom. The van der Waals surface area contributed by atoms with E-state index in [1.54, 1.807) is 6.92 Å². The normalized spacial score (nSPS) is 30.6. The Balaban J connectivity index is 3.11. The number of esters is 1. The zero-order chi connectivity index (χ0) is 17.7. The Morgan fingerprint density at radius 3 is 2.26 bits per heavy atom. The van der Waals surface area contributed by atoms with Gasteiger partial charge in [0.05, 0.1) is 6.61 Å². The number of rotatable bonds is 4. The first-order valence-corrected chi connectivity index (χ1v) is 7.09. The zero-order valence-electron chi connectivity index (χ0n) is 12.8. The van der Waals surface area contributed by atoms with Gasteiger partial charge in [-0.05, 0) is 6.42 Å². The number of amides is 2. The molecular weight excluding hydrogens is 314 g/mol. The summed E-state index contributed by atoms with van der Waals surface area (Å²) in [6.45, 7) is 1.91. The third-order valence-corrected chi connectivity index (χ3v) is 3.33. The van der Waals surface area contributed by atoms with Gasteiger partial charge in [-0.15, -0.1) is 0 Å². The van der Waals surface area contributed by atoms with E-state index >= 15 is 0 Å². The molecule has 0 saturated carbocycles. The number of aliphatic hydroxyl groups is 4. The summed E-state index contributed by atoms with van der Waals surface area (Å²) in [6, 6.07) is -1.68. The molecule has 1 aliphatic rings. The molecule has 0 spiro atoms. The molecule has 132 valence electrons. The van der Waals surface area contributed by atoms with Gasteiger partial charge in [-0.3, -0.25) is 9.59 Å². The third-order valence-electron chi connectivity index (χ3n) is 3.33. The summed E-state index contributed by atoms with van der Waals surface area (Å²) in [5, 5.41) is 38.9. The molecule has 10 nitrogen and oxygen atoms in total. The van der Waals surface area contributed by atoms with Crippen LogP contribution in [0.15, 0.2) is 0 Å². The minimum absolute atomic E-state index is 0.123. The van der Waals surface area contributed by atoms with E-state index in [2.05, 4.69) is 4.74 Å². The highest BCUT2D eigenvalue weighted by Gasteiger charge is 2.50. The molecule has 1 aliphatic heterocycles. The second-order valence-electron chi connectivity index (χ2n) is 5.09. The van der Waals surface area contributed by atoms with Gasteiger partial charge >= 0.3 is 12.1 Å². The minimum Gasteiger partial charge on any atom is -0.394 e.